The first kappa shape index (κ1) is 14.2. The summed E-state index contributed by atoms with van der Waals surface area (Å²) in [5, 5.41) is 0. The van der Waals surface area contributed by atoms with Crippen molar-refractivity contribution >= 4 is 5.97 Å². The number of ether oxygens (including phenoxy) is 1. The molecule has 1 atom stereocenters. The average Bonchev–Trinajstić information content (AvgIpc) is 2.55. The number of carbonyl (C=O) groups excluding carboxylic acids is 1. The maximum atomic E-state index is 10.7. The molecule has 0 radical (unpaired) electrons. The van der Waals surface area contributed by atoms with Gasteiger partial charge in [-0.1, -0.05) is 45.6 Å². The van der Waals surface area contributed by atoms with Crippen LogP contribution in [0, 0.1) is 0 Å². The van der Waals surface area contributed by atoms with Gasteiger partial charge in [0.15, 0.2) is 0 Å². The van der Waals surface area contributed by atoms with Gasteiger partial charge in [0.05, 0.1) is 0 Å². The molecule has 0 spiro atoms. The summed E-state index contributed by atoms with van der Waals surface area (Å²) in [7, 11) is 0. The Morgan fingerprint density at radius 2 is 1.87 bits per heavy atom. The highest BCUT2D eigenvalue weighted by Crippen LogP contribution is 2.18. The molecule has 2 heteroatoms. The molecule has 1 fully saturated rings. The number of unbranched alkanes of at least 4 members (excludes halogenated alkanes) is 3. The quantitative estimate of drug-likeness (QED) is 0.403. The fourth-order valence-corrected chi connectivity index (χ4v) is 1.43. The third kappa shape index (κ3) is 6.32. The topological polar surface area (TPSA) is 26.3 Å². The molecule has 0 aliphatic carbocycles. The minimum absolute atomic E-state index is 0.0868. The Labute approximate surface area is 93.7 Å². The first-order chi connectivity index (χ1) is 7.15. The van der Waals surface area contributed by atoms with Crippen molar-refractivity contribution in [1.29, 1.82) is 0 Å². The fraction of sp³-hybridized carbons (Fsp3) is 0.769. The van der Waals surface area contributed by atoms with Crippen LogP contribution in [-0.4, -0.2) is 12.1 Å². The van der Waals surface area contributed by atoms with Crippen molar-refractivity contribution in [3.05, 3.63) is 11.6 Å². The monoisotopic (exact) mass is 212 g/mol. The van der Waals surface area contributed by atoms with Crippen LogP contribution in [0.4, 0.5) is 0 Å². The predicted octanol–water partition coefficient (Wildman–Crippen LogP) is 3.85. The van der Waals surface area contributed by atoms with Gasteiger partial charge in [-0.3, -0.25) is 0 Å². The molecule has 1 unspecified atom stereocenters. The zero-order valence-electron chi connectivity index (χ0n) is 10.5. The van der Waals surface area contributed by atoms with Crippen LogP contribution in [0.5, 0.6) is 0 Å². The lowest BCUT2D eigenvalue weighted by Gasteiger charge is -1.94. The molecule has 1 rings (SSSR count). The van der Waals surface area contributed by atoms with E-state index < -0.39 is 0 Å². The Balaban J connectivity index is 0.000000288. The van der Waals surface area contributed by atoms with Crippen LogP contribution in [0.2, 0.25) is 0 Å². The summed E-state index contributed by atoms with van der Waals surface area (Å²) in [6.07, 6.45) is 8.21. The van der Waals surface area contributed by atoms with Crippen LogP contribution in [0.3, 0.4) is 0 Å². The molecule has 0 bridgehead atoms. The van der Waals surface area contributed by atoms with Gasteiger partial charge in [0.25, 0.3) is 0 Å². The first-order valence-corrected chi connectivity index (χ1v) is 6.01. The Kier molecular flexibility index (Phi) is 8.06. The number of rotatable bonds is 3. The normalized spacial score (nSPS) is 22.3. The van der Waals surface area contributed by atoms with Crippen molar-refractivity contribution in [3.63, 3.8) is 0 Å². The van der Waals surface area contributed by atoms with E-state index in [9.17, 15) is 4.79 Å². The summed E-state index contributed by atoms with van der Waals surface area (Å²) in [5.74, 6) is -0.148. The highest BCUT2D eigenvalue weighted by Gasteiger charge is 2.23. The van der Waals surface area contributed by atoms with Crippen LogP contribution in [0.25, 0.3) is 0 Å². The molecule has 1 heterocycles. The fourth-order valence-electron chi connectivity index (χ4n) is 1.43. The maximum absolute atomic E-state index is 10.7. The summed E-state index contributed by atoms with van der Waals surface area (Å²) >= 11 is 0. The number of cyclic esters (lactones) is 1. The molecule has 1 aliphatic rings. The van der Waals surface area contributed by atoms with Gasteiger partial charge >= 0.3 is 5.97 Å². The smallest absolute Gasteiger partial charge is 0.334 e. The lowest BCUT2D eigenvalue weighted by molar-refractivity contribution is -0.138. The van der Waals surface area contributed by atoms with Gasteiger partial charge < -0.3 is 4.74 Å². The van der Waals surface area contributed by atoms with E-state index >= 15 is 0 Å². The van der Waals surface area contributed by atoms with Crippen LogP contribution in [0.15, 0.2) is 11.6 Å². The Bertz CT molecular complexity index is 203. The van der Waals surface area contributed by atoms with E-state index in [1.165, 1.54) is 25.7 Å². The number of hydrogen-bond donors (Lipinski definition) is 0. The van der Waals surface area contributed by atoms with Crippen molar-refractivity contribution in [3.8, 4) is 0 Å². The van der Waals surface area contributed by atoms with Gasteiger partial charge in [0, 0.05) is 12.0 Å². The minimum atomic E-state index is -0.148. The molecule has 1 saturated heterocycles. The number of allylic oxidation sites excluding steroid dienone is 1. The van der Waals surface area contributed by atoms with Crippen LogP contribution >= 0.6 is 0 Å². The highest BCUT2D eigenvalue weighted by atomic mass is 16.5. The molecule has 2 nitrogen and oxygen atoms in total. The van der Waals surface area contributed by atoms with E-state index in [4.69, 9.17) is 4.74 Å². The molecule has 0 aromatic heterocycles. The van der Waals surface area contributed by atoms with Gasteiger partial charge in [-0.15, -0.1) is 0 Å². The van der Waals surface area contributed by atoms with Crippen molar-refractivity contribution in [1.82, 2.24) is 0 Å². The molecule has 1 aliphatic heterocycles. The van der Waals surface area contributed by atoms with Crippen LogP contribution < -0.4 is 0 Å². The molecule has 88 valence electrons. The molecule has 0 aromatic rings. The minimum Gasteiger partial charge on any atom is -0.459 e. The van der Waals surface area contributed by atoms with Crippen molar-refractivity contribution < 1.29 is 9.53 Å². The zero-order chi connectivity index (χ0) is 11.7. The number of hydrogen-bond acceptors (Lipinski definition) is 2. The highest BCUT2D eigenvalue weighted by molar-refractivity contribution is 5.90. The van der Waals surface area contributed by atoms with Crippen molar-refractivity contribution in [2.45, 2.75) is 65.9 Å². The largest absolute Gasteiger partial charge is 0.459 e. The molecule has 0 N–H and O–H groups in total. The zero-order valence-corrected chi connectivity index (χ0v) is 10.5. The Morgan fingerprint density at radius 1 is 1.33 bits per heavy atom. The summed E-state index contributed by atoms with van der Waals surface area (Å²) < 4.78 is 4.86. The van der Waals surface area contributed by atoms with E-state index in [0.29, 0.717) is 0 Å². The van der Waals surface area contributed by atoms with E-state index in [1.807, 2.05) is 19.9 Å². The Hall–Kier alpha value is -0.790. The van der Waals surface area contributed by atoms with Crippen LogP contribution in [-0.2, 0) is 9.53 Å². The molecule has 0 aromatic carbocycles. The summed E-state index contributed by atoms with van der Waals surface area (Å²) in [6, 6.07) is 0. The van der Waals surface area contributed by atoms with Gasteiger partial charge in [-0.25, -0.2) is 4.79 Å². The second-order valence-corrected chi connectivity index (χ2v) is 3.94. The molecular formula is C13H24O2. The molecule has 0 amide bonds. The standard InChI is InChI=1S/C7H10O2.C6H14/c1-3-6-4-5(2)9-7(6)8;1-3-5-6-4-2/h3,5H,4H2,1-2H3;3-6H2,1-2H3/b6-3-;. The van der Waals surface area contributed by atoms with E-state index in [-0.39, 0.29) is 12.1 Å². The van der Waals surface area contributed by atoms with Crippen molar-refractivity contribution in [2.24, 2.45) is 0 Å². The summed E-state index contributed by atoms with van der Waals surface area (Å²) in [6.45, 7) is 8.22. The van der Waals surface area contributed by atoms with Gasteiger partial charge in [0.1, 0.15) is 6.10 Å². The lowest BCUT2D eigenvalue weighted by atomic mass is 10.2. The third-order valence-corrected chi connectivity index (χ3v) is 2.38. The second-order valence-electron chi connectivity index (χ2n) is 3.94. The first-order valence-electron chi connectivity index (χ1n) is 6.01. The summed E-state index contributed by atoms with van der Waals surface area (Å²) in [4.78, 5) is 10.7. The van der Waals surface area contributed by atoms with Gasteiger partial charge in [0.2, 0.25) is 0 Å². The number of esters is 1. The van der Waals surface area contributed by atoms with Crippen molar-refractivity contribution in [2.75, 3.05) is 0 Å². The lowest BCUT2D eigenvalue weighted by Crippen LogP contribution is -1.99. The van der Waals surface area contributed by atoms with Crippen LogP contribution in [0.1, 0.15) is 59.8 Å². The number of carbonyl (C=O) groups is 1. The van der Waals surface area contributed by atoms with E-state index in [1.54, 1.807) is 0 Å². The SMILES string of the molecule is C/C=C1/CC(C)OC1=O.CCCCCC. The average molecular weight is 212 g/mol. The molecule has 0 saturated carbocycles. The second kappa shape index (κ2) is 8.51. The van der Waals surface area contributed by atoms with Gasteiger partial charge in [-0.05, 0) is 13.8 Å². The third-order valence-electron chi connectivity index (χ3n) is 2.38. The predicted molar refractivity (Wildman–Crippen MR) is 63.7 cm³/mol. The van der Waals surface area contributed by atoms with E-state index in [0.717, 1.165) is 12.0 Å². The van der Waals surface area contributed by atoms with E-state index in [2.05, 4.69) is 13.8 Å². The van der Waals surface area contributed by atoms with Gasteiger partial charge in [-0.2, -0.15) is 0 Å². The summed E-state index contributed by atoms with van der Waals surface area (Å²) in [5.41, 5.74) is 0.808. The Morgan fingerprint density at radius 3 is 2.07 bits per heavy atom. The maximum Gasteiger partial charge on any atom is 0.334 e. The molecular weight excluding hydrogens is 188 g/mol. The molecule has 15 heavy (non-hydrogen) atoms.